The van der Waals surface area contributed by atoms with Crippen molar-refractivity contribution < 1.29 is 13.2 Å². The summed E-state index contributed by atoms with van der Waals surface area (Å²) in [6, 6.07) is 4.91. The molecule has 2 aromatic heterocycles. The molecular weight excluding hydrogens is 304 g/mol. The lowest BCUT2D eigenvalue weighted by Crippen LogP contribution is -2.22. The molecule has 1 amide bonds. The lowest BCUT2D eigenvalue weighted by molar-refractivity contribution is -0.114. The summed E-state index contributed by atoms with van der Waals surface area (Å²) < 4.78 is 25.4. The van der Waals surface area contributed by atoms with Crippen LogP contribution < -0.4 is 5.32 Å². The predicted octanol–water partition coefficient (Wildman–Crippen LogP) is 1.35. The summed E-state index contributed by atoms with van der Waals surface area (Å²) >= 11 is 0. The number of pyridine rings is 2. The van der Waals surface area contributed by atoms with Crippen molar-refractivity contribution in [1.29, 1.82) is 0 Å². The van der Waals surface area contributed by atoms with Crippen molar-refractivity contribution in [3.8, 4) is 11.1 Å². The Morgan fingerprint density at radius 2 is 1.91 bits per heavy atom. The number of aromatic nitrogens is 2. The van der Waals surface area contributed by atoms with E-state index in [9.17, 15) is 13.2 Å². The number of hydrogen-bond acceptors (Lipinski definition) is 5. The second-order valence-corrected chi connectivity index (χ2v) is 6.96. The highest BCUT2D eigenvalue weighted by Gasteiger charge is 2.18. The van der Waals surface area contributed by atoms with Crippen LogP contribution in [0.3, 0.4) is 0 Å². The Bertz CT molecular complexity index is 803. The number of rotatable bonds is 4. The molecular formula is C14H16N4O3S. The molecule has 0 unspecified atom stereocenters. The van der Waals surface area contributed by atoms with Crippen LogP contribution in [-0.2, 0) is 14.8 Å². The molecule has 0 aliphatic heterocycles. The Hall–Kier alpha value is -2.32. The van der Waals surface area contributed by atoms with Crippen LogP contribution >= 0.6 is 0 Å². The topological polar surface area (TPSA) is 92.3 Å². The fourth-order valence-electron chi connectivity index (χ4n) is 1.79. The van der Waals surface area contributed by atoms with Crippen LogP contribution in [0.15, 0.2) is 41.7 Å². The van der Waals surface area contributed by atoms with Crippen LogP contribution in [0.4, 0.5) is 5.82 Å². The Labute approximate surface area is 129 Å². The molecule has 0 saturated heterocycles. The largest absolute Gasteiger partial charge is 0.311 e. The summed E-state index contributed by atoms with van der Waals surface area (Å²) in [5.74, 6) is 0.164. The van der Waals surface area contributed by atoms with Gasteiger partial charge >= 0.3 is 0 Å². The molecule has 0 aromatic carbocycles. The molecule has 8 heteroatoms. The maximum atomic E-state index is 12.1. The van der Waals surface area contributed by atoms with E-state index in [1.54, 1.807) is 18.3 Å². The summed E-state index contributed by atoms with van der Waals surface area (Å²) in [5, 5.41) is 2.58. The molecule has 116 valence electrons. The van der Waals surface area contributed by atoms with Gasteiger partial charge in [-0.2, -0.15) is 0 Å². The van der Waals surface area contributed by atoms with Crippen molar-refractivity contribution in [2.45, 2.75) is 11.8 Å². The van der Waals surface area contributed by atoms with Crippen molar-refractivity contribution >= 4 is 21.7 Å². The first kappa shape index (κ1) is 16.1. The Kier molecular flexibility index (Phi) is 4.53. The molecule has 0 saturated carbocycles. The number of carbonyl (C=O) groups is 1. The van der Waals surface area contributed by atoms with Gasteiger partial charge in [0.05, 0.1) is 0 Å². The van der Waals surface area contributed by atoms with E-state index >= 15 is 0 Å². The van der Waals surface area contributed by atoms with Gasteiger partial charge in [0.25, 0.3) is 0 Å². The second kappa shape index (κ2) is 6.20. The summed E-state index contributed by atoms with van der Waals surface area (Å²) in [4.78, 5) is 19.2. The molecule has 2 aromatic rings. The smallest absolute Gasteiger partial charge is 0.244 e. The average molecular weight is 320 g/mol. The number of carbonyl (C=O) groups excluding carboxylic acids is 1. The SMILES string of the molecule is CC(=O)Nc1cc(-c2cncc(S(=O)(=O)N(C)C)c2)ccn1. The Morgan fingerprint density at radius 1 is 1.18 bits per heavy atom. The van der Waals surface area contributed by atoms with Crippen molar-refractivity contribution in [3.05, 3.63) is 36.8 Å². The molecule has 22 heavy (non-hydrogen) atoms. The van der Waals surface area contributed by atoms with Gasteiger partial charge in [0.15, 0.2) is 0 Å². The number of hydrogen-bond donors (Lipinski definition) is 1. The van der Waals surface area contributed by atoms with Gasteiger partial charge in [0.1, 0.15) is 10.7 Å². The fraction of sp³-hybridized carbons (Fsp3) is 0.214. The maximum absolute atomic E-state index is 12.1. The van der Waals surface area contributed by atoms with E-state index in [4.69, 9.17) is 0 Å². The highest BCUT2D eigenvalue weighted by Crippen LogP contribution is 2.23. The standard InChI is InChI=1S/C14H16N4O3S/c1-10(19)17-14-7-11(4-5-16-14)12-6-13(9-15-8-12)22(20,21)18(2)3/h4-9H,1-3H3,(H,16,17,19). The molecule has 0 fully saturated rings. The third-order valence-electron chi connectivity index (χ3n) is 2.89. The first-order valence-corrected chi connectivity index (χ1v) is 7.86. The predicted molar refractivity (Wildman–Crippen MR) is 82.6 cm³/mol. The normalized spacial score (nSPS) is 11.5. The lowest BCUT2D eigenvalue weighted by Gasteiger charge is -2.12. The molecule has 0 atom stereocenters. The third kappa shape index (κ3) is 3.46. The maximum Gasteiger partial charge on any atom is 0.244 e. The summed E-state index contributed by atoms with van der Waals surface area (Å²) in [7, 11) is -0.628. The number of nitrogens with zero attached hydrogens (tertiary/aromatic N) is 3. The summed E-state index contributed by atoms with van der Waals surface area (Å²) in [6.07, 6.45) is 4.39. The molecule has 1 N–H and O–H groups in total. The fourth-order valence-corrected chi connectivity index (χ4v) is 2.68. The second-order valence-electron chi connectivity index (χ2n) is 4.81. The highest BCUT2D eigenvalue weighted by atomic mass is 32.2. The lowest BCUT2D eigenvalue weighted by atomic mass is 10.1. The van der Waals surface area contributed by atoms with Gasteiger partial charge in [-0.3, -0.25) is 9.78 Å². The minimum atomic E-state index is -3.55. The van der Waals surface area contributed by atoms with Crippen LogP contribution in [0.25, 0.3) is 11.1 Å². The highest BCUT2D eigenvalue weighted by molar-refractivity contribution is 7.89. The van der Waals surface area contributed by atoms with Crippen molar-refractivity contribution in [1.82, 2.24) is 14.3 Å². The van der Waals surface area contributed by atoms with Crippen molar-refractivity contribution in [2.24, 2.45) is 0 Å². The van der Waals surface area contributed by atoms with Gasteiger partial charge in [-0.25, -0.2) is 17.7 Å². The van der Waals surface area contributed by atoms with E-state index in [-0.39, 0.29) is 10.8 Å². The molecule has 0 aliphatic carbocycles. The molecule has 7 nitrogen and oxygen atoms in total. The van der Waals surface area contributed by atoms with E-state index in [0.717, 1.165) is 4.31 Å². The van der Waals surface area contributed by atoms with E-state index in [1.165, 1.54) is 39.5 Å². The quantitative estimate of drug-likeness (QED) is 0.918. The number of nitrogens with one attached hydrogen (secondary N) is 1. The third-order valence-corrected chi connectivity index (χ3v) is 4.67. The van der Waals surface area contributed by atoms with Crippen molar-refractivity contribution in [3.63, 3.8) is 0 Å². The number of amides is 1. The van der Waals surface area contributed by atoms with Crippen LogP contribution in [0.1, 0.15) is 6.92 Å². The van der Waals surface area contributed by atoms with Crippen LogP contribution in [0.2, 0.25) is 0 Å². The van der Waals surface area contributed by atoms with Gasteiger partial charge in [-0.1, -0.05) is 0 Å². The molecule has 2 rings (SSSR count). The number of anilines is 1. The van der Waals surface area contributed by atoms with Gasteiger partial charge in [0, 0.05) is 45.2 Å². The van der Waals surface area contributed by atoms with Gasteiger partial charge in [-0.05, 0) is 23.8 Å². The zero-order valence-corrected chi connectivity index (χ0v) is 13.3. The zero-order chi connectivity index (χ0) is 16.3. The molecule has 2 heterocycles. The van der Waals surface area contributed by atoms with E-state index in [0.29, 0.717) is 16.9 Å². The molecule has 0 radical (unpaired) electrons. The van der Waals surface area contributed by atoms with Crippen LogP contribution in [0.5, 0.6) is 0 Å². The first-order chi connectivity index (χ1) is 10.3. The van der Waals surface area contributed by atoms with Crippen molar-refractivity contribution in [2.75, 3.05) is 19.4 Å². The van der Waals surface area contributed by atoms with Gasteiger partial charge in [0.2, 0.25) is 15.9 Å². The molecule has 0 aliphatic rings. The summed E-state index contributed by atoms with van der Waals surface area (Å²) in [5.41, 5.74) is 1.33. The zero-order valence-electron chi connectivity index (χ0n) is 12.4. The molecule has 0 bridgehead atoms. The van der Waals surface area contributed by atoms with E-state index < -0.39 is 10.0 Å². The minimum Gasteiger partial charge on any atom is -0.311 e. The average Bonchev–Trinajstić information content (AvgIpc) is 2.47. The van der Waals surface area contributed by atoms with Crippen LogP contribution in [-0.4, -0.2) is 42.7 Å². The van der Waals surface area contributed by atoms with Crippen LogP contribution in [0, 0.1) is 0 Å². The number of sulfonamides is 1. The van der Waals surface area contributed by atoms with E-state index in [2.05, 4.69) is 15.3 Å². The Balaban J connectivity index is 2.44. The minimum absolute atomic E-state index is 0.105. The van der Waals surface area contributed by atoms with Gasteiger partial charge in [-0.15, -0.1) is 0 Å². The monoisotopic (exact) mass is 320 g/mol. The summed E-state index contributed by atoms with van der Waals surface area (Å²) in [6.45, 7) is 1.39. The Morgan fingerprint density at radius 3 is 2.55 bits per heavy atom. The molecule has 0 spiro atoms. The van der Waals surface area contributed by atoms with E-state index in [1.807, 2.05) is 0 Å². The van der Waals surface area contributed by atoms with Gasteiger partial charge < -0.3 is 5.32 Å². The first-order valence-electron chi connectivity index (χ1n) is 6.42.